The third kappa shape index (κ3) is 4.82. The maximum Gasteiger partial charge on any atom is 0.248 e. The SMILES string of the molecule is Cc1ccccc1N(C(=O)C1CSC(=O)C1)C(C(=O)NC1CCCC1)c1ccncc1. The van der Waals surface area contributed by atoms with Crippen LogP contribution in [0.4, 0.5) is 5.69 Å². The number of pyridine rings is 1. The van der Waals surface area contributed by atoms with Gasteiger partial charge in [-0.25, -0.2) is 0 Å². The van der Waals surface area contributed by atoms with Gasteiger partial charge in [-0.2, -0.15) is 0 Å². The van der Waals surface area contributed by atoms with E-state index in [0.29, 0.717) is 17.0 Å². The Kier molecular flexibility index (Phi) is 6.70. The second-order valence-corrected chi connectivity index (χ2v) is 9.33. The minimum absolute atomic E-state index is 0.0268. The van der Waals surface area contributed by atoms with Crippen molar-refractivity contribution >= 4 is 34.4 Å². The lowest BCUT2D eigenvalue weighted by atomic mass is 9.98. The molecule has 7 heteroatoms. The van der Waals surface area contributed by atoms with E-state index in [-0.39, 0.29) is 29.4 Å². The number of aryl methyl sites for hydroxylation is 1. The van der Waals surface area contributed by atoms with Gasteiger partial charge in [0, 0.05) is 36.3 Å². The van der Waals surface area contributed by atoms with Crippen molar-refractivity contribution in [2.45, 2.75) is 51.1 Å². The molecule has 2 aromatic rings. The number of nitrogens with zero attached hydrogens (tertiary/aromatic N) is 2. The highest BCUT2D eigenvalue weighted by Crippen LogP contribution is 2.35. The summed E-state index contributed by atoms with van der Waals surface area (Å²) in [5, 5.41) is 3.20. The van der Waals surface area contributed by atoms with Crippen molar-refractivity contribution in [3.63, 3.8) is 0 Å². The highest BCUT2D eigenvalue weighted by atomic mass is 32.2. The van der Waals surface area contributed by atoms with Crippen LogP contribution in [-0.4, -0.2) is 33.7 Å². The summed E-state index contributed by atoms with van der Waals surface area (Å²) in [5.74, 6) is -0.351. The summed E-state index contributed by atoms with van der Waals surface area (Å²) in [6.45, 7) is 1.93. The molecule has 1 aromatic carbocycles. The number of hydrogen-bond donors (Lipinski definition) is 1. The van der Waals surface area contributed by atoms with Crippen molar-refractivity contribution in [1.82, 2.24) is 10.3 Å². The normalized spacial score (nSPS) is 19.9. The molecule has 31 heavy (non-hydrogen) atoms. The van der Waals surface area contributed by atoms with E-state index < -0.39 is 12.0 Å². The number of thioether (sulfide) groups is 1. The molecule has 2 amide bonds. The van der Waals surface area contributed by atoms with Crippen molar-refractivity contribution in [3.8, 4) is 0 Å². The van der Waals surface area contributed by atoms with Crippen LogP contribution >= 0.6 is 11.8 Å². The maximum absolute atomic E-state index is 13.8. The predicted molar refractivity (Wildman–Crippen MR) is 122 cm³/mol. The van der Waals surface area contributed by atoms with E-state index in [1.54, 1.807) is 29.4 Å². The van der Waals surface area contributed by atoms with Gasteiger partial charge in [0.2, 0.25) is 11.8 Å². The summed E-state index contributed by atoms with van der Waals surface area (Å²) in [7, 11) is 0. The molecule has 2 fully saturated rings. The Hall–Kier alpha value is -2.67. The van der Waals surface area contributed by atoms with Gasteiger partial charge in [-0.15, -0.1) is 0 Å². The standard InChI is InChI=1S/C24H27N3O3S/c1-16-6-2-5-9-20(16)27(24(30)18-14-21(28)31-15-18)22(17-10-12-25-13-11-17)23(29)26-19-7-3-4-8-19/h2,5-6,9-13,18-19,22H,3-4,7-8,14-15H2,1H3,(H,26,29). The Morgan fingerprint density at radius 2 is 1.84 bits per heavy atom. The Morgan fingerprint density at radius 1 is 1.13 bits per heavy atom. The fourth-order valence-corrected chi connectivity index (χ4v) is 5.37. The van der Waals surface area contributed by atoms with Crippen LogP contribution in [0, 0.1) is 12.8 Å². The fourth-order valence-electron chi connectivity index (χ4n) is 4.40. The van der Waals surface area contributed by atoms with Gasteiger partial charge >= 0.3 is 0 Å². The number of carbonyl (C=O) groups excluding carboxylic acids is 3. The lowest BCUT2D eigenvalue weighted by Gasteiger charge is -2.34. The van der Waals surface area contributed by atoms with Crippen LogP contribution in [0.1, 0.15) is 49.3 Å². The van der Waals surface area contributed by atoms with E-state index in [1.807, 2.05) is 31.2 Å². The van der Waals surface area contributed by atoms with Gasteiger partial charge in [-0.05, 0) is 49.1 Å². The van der Waals surface area contributed by atoms with Crippen LogP contribution in [0.15, 0.2) is 48.8 Å². The first-order valence-corrected chi connectivity index (χ1v) is 11.8. The lowest BCUT2D eigenvalue weighted by molar-refractivity contribution is -0.129. The smallest absolute Gasteiger partial charge is 0.248 e. The minimum Gasteiger partial charge on any atom is -0.351 e. The first kappa shape index (κ1) is 21.6. The van der Waals surface area contributed by atoms with E-state index >= 15 is 0 Å². The Labute approximate surface area is 186 Å². The van der Waals surface area contributed by atoms with Crippen LogP contribution < -0.4 is 10.2 Å². The van der Waals surface area contributed by atoms with Gasteiger partial charge in [-0.3, -0.25) is 24.3 Å². The number of rotatable bonds is 6. The molecule has 2 heterocycles. The van der Waals surface area contributed by atoms with E-state index in [1.165, 1.54) is 11.8 Å². The molecule has 1 saturated heterocycles. The van der Waals surface area contributed by atoms with E-state index in [4.69, 9.17) is 0 Å². The number of aromatic nitrogens is 1. The molecular formula is C24H27N3O3S. The molecule has 6 nitrogen and oxygen atoms in total. The lowest BCUT2D eigenvalue weighted by Crippen LogP contribution is -2.48. The van der Waals surface area contributed by atoms with Crippen molar-refractivity contribution < 1.29 is 14.4 Å². The van der Waals surface area contributed by atoms with Crippen LogP contribution in [0.5, 0.6) is 0 Å². The molecule has 1 saturated carbocycles. The molecular weight excluding hydrogens is 410 g/mol. The van der Waals surface area contributed by atoms with Crippen LogP contribution in [0.25, 0.3) is 0 Å². The number of carbonyl (C=O) groups is 3. The highest BCUT2D eigenvalue weighted by Gasteiger charge is 2.40. The first-order valence-electron chi connectivity index (χ1n) is 10.8. The van der Waals surface area contributed by atoms with Crippen molar-refractivity contribution in [2.24, 2.45) is 5.92 Å². The Bertz CT molecular complexity index is 960. The first-order chi connectivity index (χ1) is 15.0. The zero-order chi connectivity index (χ0) is 21.8. The number of hydrogen-bond acceptors (Lipinski definition) is 5. The molecule has 0 bridgehead atoms. The van der Waals surface area contributed by atoms with E-state index in [0.717, 1.165) is 31.2 Å². The van der Waals surface area contributed by atoms with Gasteiger partial charge < -0.3 is 5.32 Å². The van der Waals surface area contributed by atoms with Gasteiger partial charge in [0.25, 0.3) is 0 Å². The van der Waals surface area contributed by atoms with Gasteiger partial charge in [0.1, 0.15) is 6.04 Å². The van der Waals surface area contributed by atoms with Gasteiger partial charge in [0.05, 0.1) is 5.92 Å². The molecule has 1 aromatic heterocycles. The van der Waals surface area contributed by atoms with E-state index in [2.05, 4.69) is 10.3 Å². The molecule has 1 N–H and O–H groups in total. The molecule has 1 aliphatic heterocycles. The van der Waals surface area contributed by atoms with Crippen LogP contribution in [-0.2, 0) is 14.4 Å². The summed E-state index contributed by atoms with van der Waals surface area (Å²) >= 11 is 1.20. The fraction of sp³-hybridized carbons (Fsp3) is 0.417. The molecule has 162 valence electrons. The average molecular weight is 438 g/mol. The Morgan fingerprint density at radius 3 is 2.48 bits per heavy atom. The van der Waals surface area contributed by atoms with E-state index in [9.17, 15) is 14.4 Å². The molecule has 0 radical (unpaired) electrons. The summed E-state index contributed by atoms with van der Waals surface area (Å²) in [4.78, 5) is 45.0. The number of benzene rings is 1. The number of nitrogens with one attached hydrogen (secondary N) is 1. The largest absolute Gasteiger partial charge is 0.351 e. The zero-order valence-corrected chi connectivity index (χ0v) is 18.4. The molecule has 0 spiro atoms. The van der Waals surface area contributed by atoms with Crippen LogP contribution in [0.3, 0.4) is 0 Å². The Balaban J connectivity index is 1.77. The second-order valence-electron chi connectivity index (χ2n) is 8.25. The third-order valence-corrected chi connectivity index (χ3v) is 7.11. The monoisotopic (exact) mass is 437 g/mol. The van der Waals surface area contributed by atoms with Gasteiger partial charge in [0.15, 0.2) is 5.12 Å². The molecule has 1 aliphatic carbocycles. The quantitative estimate of drug-likeness (QED) is 0.744. The summed E-state index contributed by atoms with van der Waals surface area (Å²) in [5.41, 5.74) is 2.31. The average Bonchev–Trinajstić information content (AvgIpc) is 3.44. The van der Waals surface area contributed by atoms with Crippen molar-refractivity contribution in [2.75, 3.05) is 10.7 Å². The summed E-state index contributed by atoms with van der Waals surface area (Å²) in [6.07, 6.45) is 7.61. The van der Waals surface area contributed by atoms with Gasteiger partial charge in [-0.1, -0.05) is 42.8 Å². The van der Waals surface area contributed by atoms with Crippen molar-refractivity contribution in [3.05, 3.63) is 59.9 Å². The molecule has 2 aliphatic rings. The predicted octanol–water partition coefficient (Wildman–Crippen LogP) is 3.80. The summed E-state index contributed by atoms with van der Waals surface area (Å²) < 4.78 is 0. The van der Waals surface area contributed by atoms with Crippen LogP contribution in [0.2, 0.25) is 0 Å². The highest BCUT2D eigenvalue weighted by molar-refractivity contribution is 8.14. The number of anilines is 1. The third-order valence-electron chi connectivity index (χ3n) is 6.05. The van der Waals surface area contributed by atoms with Crippen molar-refractivity contribution in [1.29, 1.82) is 0 Å². The second kappa shape index (κ2) is 9.64. The minimum atomic E-state index is -0.821. The number of para-hydroxylation sites is 1. The molecule has 2 atom stereocenters. The maximum atomic E-state index is 13.8. The summed E-state index contributed by atoms with van der Waals surface area (Å²) in [6, 6.07) is 10.5. The molecule has 4 rings (SSSR count). The number of amides is 2. The zero-order valence-electron chi connectivity index (χ0n) is 17.6. The molecule has 2 unspecified atom stereocenters. The topological polar surface area (TPSA) is 79.4 Å².